The zero-order valence-corrected chi connectivity index (χ0v) is 20.9. The number of rotatable bonds is 8. The Morgan fingerprint density at radius 1 is 0.622 bits per heavy atom. The van der Waals surface area contributed by atoms with Gasteiger partial charge in [0.05, 0.1) is 35.4 Å². The van der Waals surface area contributed by atoms with Crippen molar-refractivity contribution in [2.24, 2.45) is 9.98 Å². The first kappa shape index (κ1) is 25.5. The average molecular weight is 517 g/mol. The molecule has 9 heteroatoms. The highest BCUT2D eigenvalue weighted by Crippen LogP contribution is 2.30. The van der Waals surface area contributed by atoms with E-state index in [1.807, 2.05) is 0 Å². The zero-order chi connectivity index (χ0) is 26.4. The van der Waals surface area contributed by atoms with E-state index < -0.39 is 9.84 Å². The van der Waals surface area contributed by atoms with Crippen molar-refractivity contribution in [3.05, 3.63) is 96.1 Å². The molecule has 0 fully saturated rings. The summed E-state index contributed by atoms with van der Waals surface area (Å²) in [6, 6.07) is 22.4. The minimum Gasteiger partial charge on any atom is -0.504 e. The second kappa shape index (κ2) is 11.0. The summed E-state index contributed by atoms with van der Waals surface area (Å²) in [5.74, 6) is 0.614. The molecule has 0 unspecified atom stereocenters. The van der Waals surface area contributed by atoms with E-state index in [2.05, 4.69) is 9.98 Å². The molecule has 0 aliphatic heterocycles. The normalized spacial score (nSPS) is 11.7. The molecule has 0 saturated carbocycles. The van der Waals surface area contributed by atoms with Crippen LogP contribution in [-0.2, 0) is 9.84 Å². The van der Waals surface area contributed by atoms with Crippen LogP contribution in [0.25, 0.3) is 0 Å². The van der Waals surface area contributed by atoms with Crippen molar-refractivity contribution >= 4 is 33.6 Å². The molecule has 0 amide bonds. The number of para-hydroxylation sites is 2. The Hall–Kier alpha value is -4.63. The molecule has 0 aromatic heterocycles. The topological polar surface area (TPSA) is 118 Å². The minimum atomic E-state index is -3.75. The van der Waals surface area contributed by atoms with E-state index in [-0.39, 0.29) is 21.3 Å². The van der Waals surface area contributed by atoms with Crippen LogP contribution in [-0.4, -0.2) is 45.3 Å². The van der Waals surface area contributed by atoms with Gasteiger partial charge in [0.25, 0.3) is 0 Å². The summed E-state index contributed by atoms with van der Waals surface area (Å²) in [5, 5.41) is 20.3. The van der Waals surface area contributed by atoms with E-state index in [9.17, 15) is 18.6 Å². The van der Waals surface area contributed by atoms with Gasteiger partial charge in [-0.25, -0.2) is 8.42 Å². The molecule has 4 aromatic rings. The molecule has 2 N–H and O–H groups in total. The maximum absolute atomic E-state index is 13.1. The third-order valence-electron chi connectivity index (χ3n) is 5.50. The average Bonchev–Trinajstić information content (AvgIpc) is 2.92. The number of sulfone groups is 1. The van der Waals surface area contributed by atoms with E-state index in [1.165, 1.54) is 50.9 Å². The maximum atomic E-state index is 13.1. The molecular formula is C28H24N2O6S. The van der Waals surface area contributed by atoms with Gasteiger partial charge < -0.3 is 19.7 Å². The van der Waals surface area contributed by atoms with Crippen LogP contribution in [0.15, 0.2) is 105 Å². The van der Waals surface area contributed by atoms with Crippen molar-refractivity contribution in [3.63, 3.8) is 0 Å². The number of hydrogen-bond donors (Lipinski definition) is 2. The Labute approximate surface area is 214 Å². The first-order chi connectivity index (χ1) is 17.8. The van der Waals surface area contributed by atoms with Crippen LogP contribution in [0.5, 0.6) is 23.0 Å². The molecule has 4 rings (SSSR count). The van der Waals surface area contributed by atoms with Gasteiger partial charge in [-0.15, -0.1) is 0 Å². The van der Waals surface area contributed by atoms with Crippen molar-refractivity contribution in [3.8, 4) is 23.0 Å². The van der Waals surface area contributed by atoms with E-state index in [0.717, 1.165) is 0 Å². The first-order valence-corrected chi connectivity index (χ1v) is 12.6. The van der Waals surface area contributed by atoms with Crippen molar-refractivity contribution in [1.82, 2.24) is 0 Å². The fourth-order valence-corrected chi connectivity index (χ4v) is 4.72. The number of aliphatic imine (C=N–C) groups is 2. The summed E-state index contributed by atoms with van der Waals surface area (Å²) in [5.41, 5.74) is 1.99. The van der Waals surface area contributed by atoms with Crippen molar-refractivity contribution < 1.29 is 28.1 Å². The van der Waals surface area contributed by atoms with Gasteiger partial charge in [0.2, 0.25) is 9.84 Å². The molecule has 0 spiro atoms. The third-order valence-corrected chi connectivity index (χ3v) is 7.29. The third kappa shape index (κ3) is 5.62. The van der Waals surface area contributed by atoms with Crippen molar-refractivity contribution in [2.45, 2.75) is 9.79 Å². The molecule has 4 aromatic carbocycles. The van der Waals surface area contributed by atoms with E-state index in [4.69, 9.17) is 9.47 Å². The quantitative estimate of drug-likeness (QED) is 0.301. The second-order valence-corrected chi connectivity index (χ2v) is 9.75. The van der Waals surface area contributed by atoms with E-state index >= 15 is 0 Å². The molecule has 0 aliphatic rings. The predicted octanol–water partition coefficient (Wildman–Crippen LogP) is 5.45. The largest absolute Gasteiger partial charge is 0.504 e. The second-order valence-electron chi connectivity index (χ2n) is 7.80. The molecule has 8 nitrogen and oxygen atoms in total. The molecule has 0 aliphatic carbocycles. The SMILES string of the molecule is COc1cccc(C=Nc2ccc(S(=O)(=O)c3ccc(N=Cc4cccc(OC)c4O)cc3)cc2)c1O. The number of nitrogens with zero attached hydrogens (tertiary/aromatic N) is 2. The lowest BCUT2D eigenvalue weighted by Crippen LogP contribution is -2.01. The van der Waals surface area contributed by atoms with Gasteiger partial charge in [0.15, 0.2) is 23.0 Å². The van der Waals surface area contributed by atoms with Gasteiger partial charge in [0, 0.05) is 23.6 Å². The minimum absolute atomic E-state index is 0.0268. The smallest absolute Gasteiger partial charge is 0.206 e. The van der Waals surface area contributed by atoms with Gasteiger partial charge in [-0.3, -0.25) is 9.98 Å². The lowest BCUT2D eigenvalue weighted by atomic mass is 10.2. The Morgan fingerprint density at radius 2 is 1.00 bits per heavy atom. The molecule has 0 heterocycles. The summed E-state index contributed by atoms with van der Waals surface area (Å²) < 4.78 is 36.3. The summed E-state index contributed by atoms with van der Waals surface area (Å²) >= 11 is 0. The number of phenolic OH excluding ortho intramolecular Hbond substituents is 2. The van der Waals surface area contributed by atoms with Gasteiger partial charge in [-0.05, 0) is 72.8 Å². The molecule has 37 heavy (non-hydrogen) atoms. The maximum Gasteiger partial charge on any atom is 0.206 e. The van der Waals surface area contributed by atoms with Gasteiger partial charge >= 0.3 is 0 Å². The first-order valence-electron chi connectivity index (χ1n) is 11.1. The standard InChI is InChI=1S/C28H24N2O6S/c1-35-25-7-3-5-19(27(25)31)17-29-21-9-13-23(14-10-21)37(33,34)24-15-11-22(12-16-24)30-18-20-6-4-8-26(36-2)28(20)32/h3-18,31-32H,1-2H3. The highest BCUT2D eigenvalue weighted by molar-refractivity contribution is 7.91. The molecule has 0 radical (unpaired) electrons. The molecular weight excluding hydrogens is 492 g/mol. The van der Waals surface area contributed by atoms with Crippen LogP contribution < -0.4 is 9.47 Å². The Morgan fingerprint density at radius 3 is 1.35 bits per heavy atom. The van der Waals surface area contributed by atoms with Crippen LogP contribution in [0.3, 0.4) is 0 Å². The summed E-state index contributed by atoms with van der Waals surface area (Å²) in [6.07, 6.45) is 2.96. The Kier molecular flexibility index (Phi) is 7.55. The van der Waals surface area contributed by atoms with Crippen LogP contribution in [0.4, 0.5) is 11.4 Å². The fourth-order valence-electron chi connectivity index (χ4n) is 3.46. The molecule has 188 valence electrons. The summed E-state index contributed by atoms with van der Waals surface area (Å²) in [7, 11) is -0.830. The van der Waals surface area contributed by atoms with Crippen LogP contribution in [0, 0.1) is 0 Å². The van der Waals surface area contributed by atoms with Crippen molar-refractivity contribution in [1.29, 1.82) is 0 Å². The number of ether oxygens (including phenoxy) is 2. The monoisotopic (exact) mass is 516 g/mol. The number of benzene rings is 4. The van der Waals surface area contributed by atoms with Crippen LogP contribution in [0.2, 0.25) is 0 Å². The molecule has 0 bridgehead atoms. The Balaban J connectivity index is 1.49. The summed E-state index contributed by atoms with van der Waals surface area (Å²) in [6.45, 7) is 0. The summed E-state index contributed by atoms with van der Waals surface area (Å²) in [4.78, 5) is 8.85. The highest BCUT2D eigenvalue weighted by Gasteiger charge is 2.17. The number of hydrogen-bond acceptors (Lipinski definition) is 8. The highest BCUT2D eigenvalue weighted by atomic mass is 32.2. The van der Waals surface area contributed by atoms with Crippen LogP contribution in [0.1, 0.15) is 11.1 Å². The van der Waals surface area contributed by atoms with E-state index in [0.29, 0.717) is 34.0 Å². The van der Waals surface area contributed by atoms with Gasteiger partial charge in [-0.2, -0.15) is 0 Å². The number of phenols is 2. The van der Waals surface area contributed by atoms with E-state index in [1.54, 1.807) is 60.7 Å². The zero-order valence-electron chi connectivity index (χ0n) is 20.1. The van der Waals surface area contributed by atoms with Crippen LogP contribution >= 0.6 is 0 Å². The fraction of sp³-hybridized carbons (Fsp3) is 0.0714. The van der Waals surface area contributed by atoms with Crippen molar-refractivity contribution in [2.75, 3.05) is 14.2 Å². The molecule has 0 saturated heterocycles. The number of aromatic hydroxyl groups is 2. The van der Waals surface area contributed by atoms with Gasteiger partial charge in [0.1, 0.15) is 0 Å². The number of methoxy groups -OCH3 is 2. The molecule has 0 atom stereocenters. The lowest BCUT2D eigenvalue weighted by Gasteiger charge is -2.06. The Bertz CT molecular complexity index is 1450. The lowest BCUT2D eigenvalue weighted by molar-refractivity contribution is 0.373. The van der Waals surface area contributed by atoms with Gasteiger partial charge in [-0.1, -0.05) is 12.1 Å². The predicted molar refractivity (Wildman–Crippen MR) is 142 cm³/mol.